The van der Waals surface area contributed by atoms with Crippen molar-refractivity contribution in [2.75, 3.05) is 20.1 Å². The number of piperidine rings is 1. The van der Waals surface area contributed by atoms with Gasteiger partial charge in [-0.25, -0.2) is 0 Å². The Hall–Kier alpha value is -0.0800. The first-order chi connectivity index (χ1) is 9.49. The van der Waals surface area contributed by atoms with E-state index >= 15 is 0 Å². The third-order valence-corrected chi connectivity index (χ3v) is 6.07. The number of rotatable bonds is 4. The van der Waals surface area contributed by atoms with Crippen molar-refractivity contribution in [3.63, 3.8) is 0 Å². The van der Waals surface area contributed by atoms with Crippen LogP contribution in [0.3, 0.4) is 0 Å². The molecule has 1 saturated carbocycles. The van der Waals surface area contributed by atoms with Gasteiger partial charge in [-0.1, -0.05) is 13.8 Å². The lowest BCUT2D eigenvalue weighted by Crippen LogP contribution is -2.49. The molecule has 1 heterocycles. The molecule has 2 heteroatoms. The Balaban J connectivity index is 1.77. The van der Waals surface area contributed by atoms with Gasteiger partial charge in [0, 0.05) is 18.1 Å². The molecule has 0 aromatic rings. The quantitative estimate of drug-likeness (QED) is 0.768. The number of nitrogens with zero attached hydrogens (tertiary/aromatic N) is 2. The third-order valence-electron chi connectivity index (χ3n) is 6.07. The lowest BCUT2D eigenvalue weighted by molar-refractivity contribution is 0.0586. The molecule has 20 heavy (non-hydrogen) atoms. The van der Waals surface area contributed by atoms with E-state index < -0.39 is 0 Å². The summed E-state index contributed by atoms with van der Waals surface area (Å²) in [7, 11) is 2.40. The molecule has 0 atom stereocenters. The Bertz CT molecular complexity index is 243. The van der Waals surface area contributed by atoms with Gasteiger partial charge in [0.2, 0.25) is 0 Å². The van der Waals surface area contributed by atoms with Gasteiger partial charge in [-0.05, 0) is 84.3 Å². The molecule has 118 valence electrons. The van der Waals surface area contributed by atoms with Crippen LogP contribution in [0, 0.1) is 11.8 Å². The van der Waals surface area contributed by atoms with E-state index in [0.717, 1.165) is 30.0 Å². The summed E-state index contributed by atoms with van der Waals surface area (Å²) < 4.78 is 0. The van der Waals surface area contributed by atoms with Crippen LogP contribution in [0.15, 0.2) is 0 Å². The van der Waals surface area contributed by atoms with Gasteiger partial charge in [-0.15, -0.1) is 0 Å². The van der Waals surface area contributed by atoms with E-state index in [2.05, 4.69) is 44.5 Å². The monoisotopic (exact) mass is 280 g/mol. The van der Waals surface area contributed by atoms with Crippen molar-refractivity contribution in [1.29, 1.82) is 0 Å². The molecular formula is C18H36N2. The Kier molecular flexibility index (Phi) is 5.92. The van der Waals surface area contributed by atoms with E-state index in [1.807, 2.05) is 0 Å². The predicted molar refractivity (Wildman–Crippen MR) is 88.1 cm³/mol. The van der Waals surface area contributed by atoms with E-state index in [4.69, 9.17) is 0 Å². The number of likely N-dealkylation sites (tertiary alicyclic amines) is 1. The summed E-state index contributed by atoms with van der Waals surface area (Å²) in [5, 5.41) is 0. The van der Waals surface area contributed by atoms with Crippen LogP contribution in [0.4, 0.5) is 0 Å². The second-order valence-corrected chi connectivity index (χ2v) is 7.84. The average Bonchev–Trinajstić information content (AvgIpc) is 2.46. The van der Waals surface area contributed by atoms with Gasteiger partial charge in [0.15, 0.2) is 0 Å². The van der Waals surface area contributed by atoms with E-state index in [1.54, 1.807) is 0 Å². The van der Waals surface area contributed by atoms with Crippen molar-refractivity contribution in [3.05, 3.63) is 0 Å². The smallest absolute Gasteiger partial charge is 0.0119 e. The molecule has 0 aromatic heterocycles. The molecule has 0 radical (unpaired) electrons. The van der Waals surface area contributed by atoms with Gasteiger partial charge in [0.25, 0.3) is 0 Å². The summed E-state index contributed by atoms with van der Waals surface area (Å²) in [6, 6.07) is 2.42. The van der Waals surface area contributed by atoms with Crippen molar-refractivity contribution < 1.29 is 0 Å². The molecule has 1 saturated heterocycles. The summed E-state index contributed by atoms with van der Waals surface area (Å²) in [4.78, 5) is 5.38. The van der Waals surface area contributed by atoms with E-state index in [0.29, 0.717) is 0 Å². The van der Waals surface area contributed by atoms with Crippen LogP contribution in [0.2, 0.25) is 0 Å². The van der Waals surface area contributed by atoms with Crippen molar-refractivity contribution in [3.8, 4) is 0 Å². The zero-order valence-corrected chi connectivity index (χ0v) is 14.4. The maximum absolute atomic E-state index is 2.74. The van der Waals surface area contributed by atoms with Gasteiger partial charge < -0.3 is 9.80 Å². The molecule has 1 aliphatic heterocycles. The fraction of sp³-hybridized carbons (Fsp3) is 1.00. The molecule has 2 fully saturated rings. The summed E-state index contributed by atoms with van der Waals surface area (Å²) in [6.45, 7) is 12.1. The highest BCUT2D eigenvalue weighted by Crippen LogP contribution is 2.33. The topological polar surface area (TPSA) is 6.48 Å². The Morgan fingerprint density at radius 2 is 1.30 bits per heavy atom. The van der Waals surface area contributed by atoms with Crippen LogP contribution in [0.5, 0.6) is 0 Å². The molecule has 2 aliphatic rings. The summed E-state index contributed by atoms with van der Waals surface area (Å²) in [5.74, 6) is 1.87. The highest BCUT2D eigenvalue weighted by Gasteiger charge is 2.31. The fourth-order valence-corrected chi connectivity index (χ4v) is 4.28. The highest BCUT2D eigenvalue weighted by molar-refractivity contribution is 4.86. The Morgan fingerprint density at radius 3 is 1.75 bits per heavy atom. The molecule has 0 unspecified atom stereocenters. The lowest BCUT2D eigenvalue weighted by atomic mass is 9.79. The van der Waals surface area contributed by atoms with Gasteiger partial charge >= 0.3 is 0 Å². The second kappa shape index (κ2) is 7.26. The minimum atomic E-state index is 0.725. The van der Waals surface area contributed by atoms with E-state index in [9.17, 15) is 0 Å². The first-order valence-electron chi connectivity index (χ1n) is 8.95. The maximum Gasteiger partial charge on any atom is 0.0119 e. The van der Waals surface area contributed by atoms with E-state index in [-0.39, 0.29) is 0 Å². The van der Waals surface area contributed by atoms with Crippen molar-refractivity contribution in [1.82, 2.24) is 9.80 Å². The zero-order chi connectivity index (χ0) is 14.7. The van der Waals surface area contributed by atoms with Gasteiger partial charge in [0.05, 0.1) is 0 Å². The largest absolute Gasteiger partial charge is 0.301 e. The van der Waals surface area contributed by atoms with E-state index in [1.165, 1.54) is 51.6 Å². The summed E-state index contributed by atoms with van der Waals surface area (Å²) >= 11 is 0. The second-order valence-electron chi connectivity index (χ2n) is 7.84. The number of hydrogen-bond donors (Lipinski definition) is 0. The van der Waals surface area contributed by atoms with Crippen LogP contribution in [0.25, 0.3) is 0 Å². The van der Waals surface area contributed by atoms with Crippen LogP contribution in [-0.4, -0.2) is 48.1 Å². The molecule has 2 rings (SSSR count). The van der Waals surface area contributed by atoms with Crippen LogP contribution < -0.4 is 0 Å². The van der Waals surface area contributed by atoms with Crippen molar-refractivity contribution in [2.45, 2.75) is 84.3 Å². The van der Waals surface area contributed by atoms with Gasteiger partial charge in [-0.3, -0.25) is 0 Å². The van der Waals surface area contributed by atoms with Gasteiger partial charge in [0.1, 0.15) is 0 Å². The normalized spacial score (nSPS) is 30.6. The lowest BCUT2D eigenvalue weighted by Gasteiger charge is -2.44. The molecular weight excluding hydrogens is 244 g/mol. The fourth-order valence-electron chi connectivity index (χ4n) is 4.28. The molecule has 0 aromatic carbocycles. The highest BCUT2D eigenvalue weighted by atomic mass is 15.2. The minimum Gasteiger partial charge on any atom is -0.301 e. The summed E-state index contributed by atoms with van der Waals surface area (Å²) in [5.41, 5.74) is 0. The predicted octanol–water partition coefficient (Wildman–Crippen LogP) is 4.01. The molecule has 0 amide bonds. The van der Waals surface area contributed by atoms with Crippen LogP contribution in [0.1, 0.15) is 66.2 Å². The number of hydrogen-bond acceptors (Lipinski definition) is 2. The molecule has 0 spiro atoms. The Morgan fingerprint density at radius 1 is 0.800 bits per heavy atom. The van der Waals surface area contributed by atoms with Crippen LogP contribution in [-0.2, 0) is 0 Å². The first kappa shape index (κ1) is 16.3. The SMILES string of the molecule is CC(C)C1CCC(N(C)C2CCN(C(C)C)CC2)CC1. The van der Waals surface area contributed by atoms with Gasteiger partial charge in [-0.2, -0.15) is 0 Å². The molecule has 2 nitrogen and oxygen atoms in total. The average molecular weight is 281 g/mol. The van der Waals surface area contributed by atoms with Crippen molar-refractivity contribution in [2.24, 2.45) is 11.8 Å². The van der Waals surface area contributed by atoms with Crippen LogP contribution >= 0.6 is 0 Å². The first-order valence-corrected chi connectivity index (χ1v) is 8.95. The molecule has 0 N–H and O–H groups in total. The van der Waals surface area contributed by atoms with Crippen molar-refractivity contribution >= 4 is 0 Å². The maximum atomic E-state index is 2.74. The molecule has 1 aliphatic carbocycles. The third kappa shape index (κ3) is 3.98. The standard InChI is InChI=1S/C18H36N2/c1-14(2)16-6-8-17(9-7-16)19(5)18-10-12-20(13-11-18)15(3)4/h14-18H,6-13H2,1-5H3. The summed E-state index contributed by atoms with van der Waals surface area (Å²) in [6.07, 6.45) is 8.53. The minimum absolute atomic E-state index is 0.725. The Labute approximate surface area is 126 Å². The molecule has 0 bridgehead atoms. The zero-order valence-electron chi connectivity index (χ0n) is 14.4.